The van der Waals surface area contributed by atoms with Gasteiger partial charge < -0.3 is 5.43 Å². The number of aromatic nitrogens is 1. The predicted octanol–water partition coefficient (Wildman–Crippen LogP) is 5.57. The van der Waals surface area contributed by atoms with E-state index in [1.54, 1.807) is 0 Å². The second kappa shape index (κ2) is 10.8. The Morgan fingerprint density at radius 2 is 1.20 bits per heavy atom. The number of hydrogen-bond donors (Lipinski definition) is 1. The van der Waals surface area contributed by atoms with Crippen LogP contribution in [0, 0.1) is 13.8 Å². The molecule has 20 heavy (non-hydrogen) atoms. The van der Waals surface area contributed by atoms with Gasteiger partial charge in [0, 0.05) is 17.9 Å². The fourth-order valence-electron chi connectivity index (χ4n) is 2.72. The van der Waals surface area contributed by atoms with Crippen LogP contribution < -0.4 is 5.43 Å². The third-order valence-electron chi connectivity index (χ3n) is 4.07. The molecule has 0 saturated heterocycles. The van der Waals surface area contributed by atoms with E-state index in [2.05, 4.69) is 43.0 Å². The van der Waals surface area contributed by atoms with E-state index in [-0.39, 0.29) is 0 Å². The molecule has 0 amide bonds. The van der Waals surface area contributed by atoms with Gasteiger partial charge in [0.2, 0.25) is 0 Å². The molecule has 2 heteroatoms. The van der Waals surface area contributed by atoms with Crippen molar-refractivity contribution < 1.29 is 0 Å². The molecule has 1 heterocycles. The van der Waals surface area contributed by atoms with Gasteiger partial charge in [-0.05, 0) is 32.4 Å². The quantitative estimate of drug-likeness (QED) is 0.495. The standard InChI is InChI=1S/C18H34N2/c1-4-5-6-7-8-9-10-11-12-13-16-19-20-17(2)14-15-18(20)3/h14-15,19H,4-13,16H2,1-3H3. The maximum absolute atomic E-state index is 3.50. The molecule has 0 saturated carbocycles. The Hall–Kier alpha value is -0.920. The Morgan fingerprint density at radius 3 is 1.70 bits per heavy atom. The van der Waals surface area contributed by atoms with Gasteiger partial charge in [-0.2, -0.15) is 0 Å². The summed E-state index contributed by atoms with van der Waals surface area (Å²) in [5.41, 5.74) is 6.10. The van der Waals surface area contributed by atoms with Crippen molar-refractivity contribution in [1.82, 2.24) is 4.68 Å². The summed E-state index contributed by atoms with van der Waals surface area (Å²) in [6.45, 7) is 7.68. The summed E-state index contributed by atoms with van der Waals surface area (Å²) in [5.74, 6) is 0. The summed E-state index contributed by atoms with van der Waals surface area (Å²) in [7, 11) is 0. The maximum atomic E-state index is 3.50. The van der Waals surface area contributed by atoms with Gasteiger partial charge in [0.25, 0.3) is 0 Å². The molecule has 0 unspecified atom stereocenters. The Kier molecular flexibility index (Phi) is 9.27. The van der Waals surface area contributed by atoms with E-state index < -0.39 is 0 Å². The SMILES string of the molecule is CCCCCCCCCCCCNn1c(C)ccc1C. The van der Waals surface area contributed by atoms with Gasteiger partial charge in [-0.1, -0.05) is 64.7 Å². The van der Waals surface area contributed by atoms with Crippen molar-refractivity contribution in [3.8, 4) is 0 Å². The van der Waals surface area contributed by atoms with Crippen LogP contribution in [0.1, 0.15) is 82.5 Å². The zero-order valence-electron chi connectivity index (χ0n) is 13.9. The van der Waals surface area contributed by atoms with Crippen LogP contribution in [0.25, 0.3) is 0 Å². The maximum Gasteiger partial charge on any atom is 0.0366 e. The van der Waals surface area contributed by atoms with E-state index in [4.69, 9.17) is 0 Å². The number of nitrogens with zero attached hydrogens (tertiary/aromatic N) is 1. The molecule has 1 aromatic heterocycles. The number of rotatable bonds is 12. The van der Waals surface area contributed by atoms with Crippen molar-refractivity contribution in [3.63, 3.8) is 0 Å². The highest BCUT2D eigenvalue weighted by Crippen LogP contribution is 2.10. The molecule has 116 valence electrons. The lowest BCUT2D eigenvalue weighted by atomic mass is 10.1. The molecule has 0 aliphatic heterocycles. The van der Waals surface area contributed by atoms with Crippen molar-refractivity contribution >= 4 is 0 Å². The number of unbranched alkanes of at least 4 members (excludes halogenated alkanes) is 9. The summed E-state index contributed by atoms with van der Waals surface area (Å²) < 4.78 is 2.20. The van der Waals surface area contributed by atoms with Crippen LogP contribution in [-0.4, -0.2) is 11.2 Å². The smallest absolute Gasteiger partial charge is 0.0366 e. The van der Waals surface area contributed by atoms with Crippen LogP contribution in [0.3, 0.4) is 0 Å². The Bertz CT molecular complexity index is 322. The van der Waals surface area contributed by atoms with Crippen LogP contribution in [-0.2, 0) is 0 Å². The zero-order chi connectivity index (χ0) is 14.6. The van der Waals surface area contributed by atoms with Crippen LogP contribution in [0.4, 0.5) is 0 Å². The van der Waals surface area contributed by atoms with E-state index in [0.29, 0.717) is 0 Å². The number of hydrogen-bond acceptors (Lipinski definition) is 1. The molecule has 0 atom stereocenters. The minimum Gasteiger partial charge on any atom is -0.326 e. The van der Waals surface area contributed by atoms with Gasteiger partial charge in [0.15, 0.2) is 0 Å². The number of nitrogens with one attached hydrogen (secondary N) is 1. The van der Waals surface area contributed by atoms with Gasteiger partial charge in [-0.15, -0.1) is 0 Å². The topological polar surface area (TPSA) is 17.0 Å². The molecular weight excluding hydrogens is 244 g/mol. The van der Waals surface area contributed by atoms with Crippen molar-refractivity contribution in [2.45, 2.75) is 85.0 Å². The number of aryl methyl sites for hydroxylation is 2. The van der Waals surface area contributed by atoms with Crippen molar-refractivity contribution in [2.24, 2.45) is 0 Å². The third kappa shape index (κ3) is 7.02. The van der Waals surface area contributed by atoms with Gasteiger partial charge in [-0.25, -0.2) is 0 Å². The average molecular weight is 278 g/mol. The van der Waals surface area contributed by atoms with Crippen LogP contribution in [0.5, 0.6) is 0 Å². The monoisotopic (exact) mass is 278 g/mol. The van der Waals surface area contributed by atoms with E-state index in [0.717, 1.165) is 6.54 Å². The molecule has 0 aliphatic carbocycles. The molecule has 0 aromatic carbocycles. The molecule has 0 spiro atoms. The highest BCUT2D eigenvalue weighted by molar-refractivity contribution is 5.15. The Labute approximate surface area is 125 Å². The van der Waals surface area contributed by atoms with Crippen LogP contribution in [0.2, 0.25) is 0 Å². The minimum absolute atomic E-state index is 1.09. The molecule has 0 fully saturated rings. The van der Waals surface area contributed by atoms with Gasteiger partial charge in [0.05, 0.1) is 0 Å². The molecule has 1 rings (SSSR count). The molecule has 2 nitrogen and oxygen atoms in total. The van der Waals surface area contributed by atoms with Gasteiger partial charge in [-0.3, -0.25) is 4.68 Å². The van der Waals surface area contributed by atoms with Crippen molar-refractivity contribution in [2.75, 3.05) is 12.0 Å². The normalized spacial score (nSPS) is 10.9. The summed E-state index contributed by atoms with van der Waals surface area (Å²) in [6.07, 6.45) is 14.0. The minimum atomic E-state index is 1.09. The molecule has 0 radical (unpaired) electrons. The van der Waals surface area contributed by atoms with E-state index in [9.17, 15) is 0 Å². The fraction of sp³-hybridized carbons (Fsp3) is 0.778. The zero-order valence-corrected chi connectivity index (χ0v) is 13.9. The Morgan fingerprint density at radius 1 is 0.750 bits per heavy atom. The molecule has 1 aromatic rings. The largest absolute Gasteiger partial charge is 0.326 e. The fourth-order valence-corrected chi connectivity index (χ4v) is 2.72. The second-order valence-electron chi connectivity index (χ2n) is 6.04. The first-order valence-corrected chi connectivity index (χ1v) is 8.64. The lowest BCUT2D eigenvalue weighted by molar-refractivity contribution is 0.556. The molecular formula is C18H34N2. The van der Waals surface area contributed by atoms with Crippen molar-refractivity contribution in [1.29, 1.82) is 0 Å². The van der Waals surface area contributed by atoms with Gasteiger partial charge >= 0.3 is 0 Å². The summed E-state index contributed by atoms with van der Waals surface area (Å²) >= 11 is 0. The summed E-state index contributed by atoms with van der Waals surface area (Å²) in [5, 5.41) is 0. The van der Waals surface area contributed by atoms with Gasteiger partial charge in [0.1, 0.15) is 0 Å². The van der Waals surface area contributed by atoms with Crippen LogP contribution in [0.15, 0.2) is 12.1 Å². The van der Waals surface area contributed by atoms with E-state index in [1.165, 1.54) is 75.6 Å². The van der Waals surface area contributed by atoms with E-state index in [1.807, 2.05) is 0 Å². The van der Waals surface area contributed by atoms with E-state index >= 15 is 0 Å². The first kappa shape index (κ1) is 17.1. The lowest BCUT2D eigenvalue weighted by Gasteiger charge is -2.12. The van der Waals surface area contributed by atoms with Crippen LogP contribution >= 0.6 is 0 Å². The highest BCUT2D eigenvalue weighted by Gasteiger charge is 1.99. The molecule has 0 bridgehead atoms. The Balaban J connectivity index is 1.88. The second-order valence-corrected chi connectivity index (χ2v) is 6.04. The average Bonchev–Trinajstić information content (AvgIpc) is 2.76. The predicted molar refractivity (Wildman–Crippen MR) is 90.0 cm³/mol. The molecule has 1 N–H and O–H groups in total. The summed E-state index contributed by atoms with van der Waals surface area (Å²) in [6, 6.07) is 4.34. The lowest BCUT2D eigenvalue weighted by Crippen LogP contribution is -2.18. The molecule has 0 aliphatic rings. The highest BCUT2D eigenvalue weighted by atomic mass is 15.4. The third-order valence-corrected chi connectivity index (χ3v) is 4.07. The first-order valence-electron chi connectivity index (χ1n) is 8.64. The van der Waals surface area contributed by atoms with Crippen molar-refractivity contribution in [3.05, 3.63) is 23.5 Å². The first-order chi connectivity index (χ1) is 9.75. The summed E-state index contributed by atoms with van der Waals surface area (Å²) in [4.78, 5) is 0.